The normalized spacial score (nSPS) is 13.2. The number of hydrogen-bond acceptors (Lipinski definition) is 2. The van der Waals surface area contributed by atoms with Crippen molar-refractivity contribution in [1.82, 2.24) is 9.55 Å². The molecule has 3 nitrogen and oxygen atoms in total. The number of ether oxygens (including phenoxy) is 1. The van der Waals surface area contributed by atoms with Crippen LogP contribution < -0.4 is 0 Å². The summed E-state index contributed by atoms with van der Waals surface area (Å²) in [6.45, 7) is 4.75. The molecule has 0 radical (unpaired) electrons. The molecule has 1 aromatic heterocycles. The first kappa shape index (κ1) is 9.48. The minimum atomic E-state index is 0.299. The second-order valence-corrected chi connectivity index (χ2v) is 3.34. The number of nitrogens with one attached hydrogen (secondary N) is 1. The number of rotatable bonds is 3. The number of aromatic amines is 1. The molecular weight excluding hydrogens is 172 g/mol. The first-order valence-corrected chi connectivity index (χ1v) is 4.32. The third kappa shape index (κ3) is 1.95. The van der Waals surface area contributed by atoms with Crippen molar-refractivity contribution in [1.29, 1.82) is 0 Å². The highest BCUT2D eigenvalue weighted by molar-refractivity contribution is 7.71. The quantitative estimate of drug-likeness (QED) is 0.732. The molecule has 0 saturated carbocycles. The van der Waals surface area contributed by atoms with Gasteiger partial charge in [-0.05, 0) is 26.1 Å². The van der Waals surface area contributed by atoms with Gasteiger partial charge in [-0.25, -0.2) is 0 Å². The summed E-state index contributed by atoms with van der Waals surface area (Å²) in [6.07, 6.45) is 2.01. The van der Waals surface area contributed by atoms with E-state index in [9.17, 15) is 0 Å². The topological polar surface area (TPSA) is 29.9 Å². The number of hydrogen-bond donors (Lipinski definition) is 1. The van der Waals surface area contributed by atoms with Gasteiger partial charge in [0.05, 0.1) is 12.6 Å². The van der Waals surface area contributed by atoms with Crippen LogP contribution in [0.25, 0.3) is 0 Å². The van der Waals surface area contributed by atoms with Gasteiger partial charge >= 0.3 is 0 Å². The molecule has 0 bridgehead atoms. The summed E-state index contributed by atoms with van der Waals surface area (Å²) in [7, 11) is 1.69. The predicted octanol–water partition coefficient (Wildman–Crippen LogP) is 2.06. The molecule has 0 spiro atoms. The van der Waals surface area contributed by atoms with E-state index in [1.54, 1.807) is 7.11 Å². The zero-order valence-electron chi connectivity index (χ0n) is 7.63. The van der Waals surface area contributed by atoms with Gasteiger partial charge in [-0.1, -0.05) is 0 Å². The summed E-state index contributed by atoms with van der Waals surface area (Å²) < 4.78 is 7.81. The Hall–Kier alpha value is -0.610. The Balaban J connectivity index is 2.86. The largest absolute Gasteiger partial charge is 0.383 e. The molecule has 4 heteroatoms. The van der Waals surface area contributed by atoms with E-state index in [0.29, 0.717) is 12.6 Å². The Morgan fingerprint density at radius 2 is 2.42 bits per heavy atom. The molecule has 1 unspecified atom stereocenters. The van der Waals surface area contributed by atoms with E-state index >= 15 is 0 Å². The highest BCUT2D eigenvalue weighted by Crippen LogP contribution is 2.08. The summed E-state index contributed by atoms with van der Waals surface area (Å²) in [4.78, 5) is 3.07. The smallest absolute Gasteiger partial charge is 0.177 e. The van der Waals surface area contributed by atoms with Crippen LogP contribution in [0.1, 0.15) is 18.7 Å². The lowest BCUT2D eigenvalue weighted by molar-refractivity contribution is 0.161. The maximum absolute atomic E-state index is 5.12. The molecule has 0 saturated heterocycles. The molecule has 68 valence electrons. The van der Waals surface area contributed by atoms with Crippen molar-refractivity contribution in [3.63, 3.8) is 0 Å². The summed E-state index contributed by atoms with van der Waals surface area (Å²) in [6, 6.07) is 0.299. The Morgan fingerprint density at radius 1 is 1.75 bits per heavy atom. The molecule has 1 heterocycles. The first-order chi connectivity index (χ1) is 5.65. The summed E-state index contributed by atoms with van der Waals surface area (Å²) in [5.74, 6) is 0. The van der Waals surface area contributed by atoms with Crippen LogP contribution in [-0.4, -0.2) is 23.3 Å². The second-order valence-electron chi connectivity index (χ2n) is 2.95. The molecule has 12 heavy (non-hydrogen) atoms. The van der Waals surface area contributed by atoms with Crippen molar-refractivity contribution < 1.29 is 4.74 Å². The molecule has 0 fully saturated rings. The van der Waals surface area contributed by atoms with E-state index in [1.807, 2.05) is 17.7 Å². The van der Waals surface area contributed by atoms with Crippen LogP contribution in [0, 0.1) is 11.7 Å². The van der Waals surface area contributed by atoms with E-state index in [1.165, 1.54) is 0 Å². The zero-order chi connectivity index (χ0) is 9.14. The third-order valence-electron chi connectivity index (χ3n) is 1.75. The SMILES string of the molecule is COCC(C)n1cc(C)[nH]c1=S. The maximum Gasteiger partial charge on any atom is 0.177 e. The van der Waals surface area contributed by atoms with Gasteiger partial charge in [-0.15, -0.1) is 0 Å². The minimum absolute atomic E-state index is 0.299. The Labute approximate surface area is 77.4 Å². The Bertz CT molecular complexity index is 302. The zero-order valence-corrected chi connectivity index (χ0v) is 8.44. The van der Waals surface area contributed by atoms with Crippen molar-refractivity contribution in [3.8, 4) is 0 Å². The monoisotopic (exact) mass is 186 g/mol. The molecule has 0 aliphatic carbocycles. The van der Waals surface area contributed by atoms with Crippen LogP contribution in [-0.2, 0) is 4.74 Å². The molecule has 0 amide bonds. The van der Waals surface area contributed by atoms with Crippen LogP contribution in [0.2, 0.25) is 0 Å². The van der Waals surface area contributed by atoms with Gasteiger partial charge in [0, 0.05) is 19.0 Å². The fourth-order valence-corrected chi connectivity index (χ4v) is 1.58. The fraction of sp³-hybridized carbons (Fsp3) is 0.625. The predicted molar refractivity (Wildman–Crippen MR) is 50.9 cm³/mol. The van der Waals surface area contributed by atoms with Crippen LogP contribution in [0.5, 0.6) is 0 Å². The number of nitrogens with zero attached hydrogens (tertiary/aromatic N) is 1. The molecule has 0 aliphatic rings. The Morgan fingerprint density at radius 3 is 2.83 bits per heavy atom. The van der Waals surface area contributed by atoms with Gasteiger partial charge in [0.15, 0.2) is 4.77 Å². The highest BCUT2D eigenvalue weighted by atomic mass is 32.1. The Kier molecular flexibility index (Phi) is 3.05. The maximum atomic E-state index is 5.12. The third-order valence-corrected chi connectivity index (χ3v) is 2.07. The van der Waals surface area contributed by atoms with E-state index in [4.69, 9.17) is 17.0 Å². The lowest BCUT2D eigenvalue weighted by Gasteiger charge is -2.10. The summed E-state index contributed by atoms with van der Waals surface area (Å²) in [5.41, 5.74) is 1.09. The minimum Gasteiger partial charge on any atom is -0.383 e. The van der Waals surface area contributed by atoms with E-state index in [0.717, 1.165) is 10.5 Å². The molecule has 0 aliphatic heterocycles. The van der Waals surface area contributed by atoms with Crippen LogP contribution in [0.4, 0.5) is 0 Å². The summed E-state index contributed by atoms with van der Waals surface area (Å²) >= 11 is 5.12. The van der Waals surface area contributed by atoms with Gasteiger partial charge in [-0.3, -0.25) is 0 Å². The van der Waals surface area contributed by atoms with Crippen molar-refractivity contribution in [2.45, 2.75) is 19.9 Å². The number of H-pyrrole nitrogens is 1. The fourth-order valence-electron chi connectivity index (χ4n) is 1.18. The van der Waals surface area contributed by atoms with E-state index in [2.05, 4.69) is 11.9 Å². The van der Waals surface area contributed by atoms with Crippen LogP contribution >= 0.6 is 12.2 Å². The average Bonchev–Trinajstić information content (AvgIpc) is 2.30. The van der Waals surface area contributed by atoms with Gasteiger partial charge in [0.25, 0.3) is 0 Å². The number of aryl methyl sites for hydroxylation is 1. The van der Waals surface area contributed by atoms with E-state index in [-0.39, 0.29) is 0 Å². The molecule has 1 rings (SSSR count). The van der Waals surface area contributed by atoms with Crippen molar-refractivity contribution in [2.75, 3.05) is 13.7 Å². The van der Waals surface area contributed by atoms with Crippen molar-refractivity contribution in [3.05, 3.63) is 16.7 Å². The van der Waals surface area contributed by atoms with Gasteiger partial charge in [0.1, 0.15) is 0 Å². The van der Waals surface area contributed by atoms with E-state index < -0.39 is 0 Å². The van der Waals surface area contributed by atoms with Crippen LogP contribution in [0.3, 0.4) is 0 Å². The first-order valence-electron chi connectivity index (χ1n) is 3.92. The number of methoxy groups -OCH3 is 1. The van der Waals surface area contributed by atoms with Crippen molar-refractivity contribution in [2.24, 2.45) is 0 Å². The molecule has 1 N–H and O–H groups in total. The van der Waals surface area contributed by atoms with Crippen LogP contribution in [0.15, 0.2) is 6.20 Å². The lowest BCUT2D eigenvalue weighted by Crippen LogP contribution is -2.09. The van der Waals surface area contributed by atoms with Gasteiger partial charge in [0.2, 0.25) is 0 Å². The number of aromatic nitrogens is 2. The van der Waals surface area contributed by atoms with Gasteiger partial charge < -0.3 is 14.3 Å². The standard InChI is InChI=1S/C8H14N2OS/c1-6-4-10(8(12)9-6)7(2)5-11-3/h4,7H,5H2,1-3H3,(H,9,12). The molecule has 1 atom stereocenters. The molecule has 1 aromatic rings. The highest BCUT2D eigenvalue weighted by Gasteiger charge is 2.04. The second kappa shape index (κ2) is 3.87. The average molecular weight is 186 g/mol. The lowest BCUT2D eigenvalue weighted by atomic mass is 10.3. The summed E-state index contributed by atoms with van der Waals surface area (Å²) in [5, 5.41) is 0. The van der Waals surface area contributed by atoms with Crippen molar-refractivity contribution >= 4 is 12.2 Å². The van der Waals surface area contributed by atoms with Gasteiger partial charge in [-0.2, -0.15) is 0 Å². The molecule has 0 aromatic carbocycles. The number of imidazole rings is 1. The molecular formula is C8H14N2OS.